The second kappa shape index (κ2) is 22.4. The topological polar surface area (TPSA) is 374 Å². The molecule has 7 aliphatic rings. The number of allylic oxidation sites excluding steroid dienone is 1. The van der Waals surface area contributed by atoms with E-state index in [2.05, 4.69) is 0 Å². The van der Waals surface area contributed by atoms with Gasteiger partial charge in [-0.2, -0.15) is 0 Å². The highest BCUT2D eigenvalue weighted by atomic mass is 16.8. The van der Waals surface area contributed by atoms with Crippen molar-refractivity contribution < 1.29 is 114 Å². The first kappa shape index (κ1) is 51.2. The molecule has 4 heterocycles. The van der Waals surface area contributed by atoms with E-state index in [1.54, 1.807) is 6.08 Å². The summed E-state index contributed by atoms with van der Waals surface area (Å²) in [4.78, 5) is 12.6. The van der Waals surface area contributed by atoms with Crippen molar-refractivity contribution >= 4 is 5.97 Å². The van der Waals surface area contributed by atoms with Crippen molar-refractivity contribution in [3.63, 3.8) is 0 Å². The smallest absolute Gasteiger partial charge is 0.330 e. The highest BCUT2D eigenvalue weighted by Gasteiger charge is 2.56. The molecule has 4 aliphatic heterocycles. The summed E-state index contributed by atoms with van der Waals surface area (Å²) in [5.74, 6) is -1.86. The predicted octanol–water partition coefficient (Wildman–Crippen LogP) is -5.71. The number of hydrogen-bond donors (Lipinski definition) is 14. The summed E-state index contributed by atoms with van der Waals surface area (Å²) in [6.45, 7) is -2.13. The molecule has 0 aromatic heterocycles. The number of hydrogen-bond acceptors (Lipinski definition) is 23. The van der Waals surface area contributed by atoms with E-state index in [1.807, 2.05) is 0 Å². The molecule has 3 saturated carbocycles. The normalized spacial score (nSPS) is 51.0. The standard InChI is InChI=1S/C42H68O23/c43-13-26-30(50)33(53)36(56)40(62-26)60-24-11-19(46)10-23-20(24)12-25(38(59-23)17-4-7-21(47)22(48)9-17)61-42-39(35(55)31(51)27(14-44)63-42)65-41-37(57)34(54)32(52)28(64-41)15-58-29(49)8-3-16-1-5-18(45)6-2-16/h3,8,16-28,30-48,50-57H,1-2,4-7,9-15H2. The maximum absolute atomic E-state index is 12.6. The molecule has 4 saturated heterocycles. The molecule has 7 fully saturated rings. The minimum absolute atomic E-state index is 0.0161. The van der Waals surface area contributed by atoms with Crippen molar-refractivity contribution in [2.24, 2.45) is 17.8 Å². The fourth-order valence-corrected chi connectivity index (χ4v) is 10.4. The highest BCUT2D eigenvalue weighted by Crippen LogP contribution is 2.45. The van der Waals surface area contributed by atoms with Crippen LogP contribution in [0.25, 0.3) is 0 Å². The molecule has 0 radical (unpaired) electrons. The lowest BCUT2D eigenvalue weighted by atomic mass is 9.72. The van der Waals surface area contributed by atoms with Gasteiger partial charge in [-0.3, -0.25) is 0 Å². The number of carbonyl (C=O) groups is 1. The van der Waals surface area contributed by atoms with Gasteiger partial charge in [-0.1, -0.05) is 6.08 Å². The average molecular weight is 941 g/mol. The maximum Gasteiger partial charge on any atom is 0.330 e. The minimum atomic E-state index is -1.98. The molecule has 0 amide bonds. The van der Waals surface area contributed by atoms with Crippen LogP contribution in [-0.2, 0) is 42.7 Å². The first-order valence-electron chi connectivity index (χ1n) is 22.8. The van der Waals surface area contributed by atoms with E-state index < -0.39 is 172 Å². The van der Waals surface area contributed by atoms with Crippen LogP contribution >= 0.6 is 0 Å². The second-order valence-corrected chi connectivity index (χ2v) is 18.8. The number of ether oxygens (including phenoxy) is 8. The Hall–Kier alpha value is -1.63. The van der Waals surface area contributed by atoms with Crippen molar-refractivity contribution in [1.29, 1.82) is 0 Å². The molecule has 0 aromatic rings. The molecule has 65 heavy (non-hydrogen) atoms. The van der Waals surface area contributed by atoms with E-state index in [0.717, 1.165) is 0 Å². The van der Waals surface area contributed by atoms with Gasteiger partial charge in [0.25, 0.3) is 0 Å². The number of esters is 1. The number of aliphatic hydroxyl groups excluding tert-OH is 14. The van der Waals surface area contributed by atoms with E-state index in [0.29, 0.717) is 32.1 Å². The van der Waals surface area contributed by atoms with Gasteiger partial charge >= 0.3 is 5.97 Å². The molecular formula is C42H68O23. The summed E-state index contributed by atoms with van der Waals surface area (Å²) in [5, 5.41) is 149. The third-order valence-corrected chi connectivity index (χ3v) is 14.3. The number of rotatable bonds is 13. The number of carbonyl (C=O) groups excluding carboxylic acids is 1. The lowest BCUT2D eigenvalue weighted by molar-refractivity contribution is -0.380. The Morgan fingerprint density at radius 2 is 1.11 bits per heavy atom. The summed E-state index contributed by atoms with van der Waals surface area (Å²) in [7, 11) is 0. The van der Waals surface area contributed by atoms with Gasteiger partial charge in [-0.15, -0.1) is 0 Å². The molecular weight excluding hydrogens is 872 g/mol. The van der Waals surface area contributed by atoms with Gasteiger partial charge < -0.3 is 109 Å². The van der Waals surface area contributed by atoms with Gasteiger partial charge in [-0.25, -0.2) is 4.79 Å². The van der Waals surface area contributed by atoms with Crippen molar-refractivity contribution in [2.45, 2.75) is 205 Å². The molecule has 7 rings (SSSR count). The molecule has 0 bridgehead atoms. The summed E-state index contributed by atoms with van der Waals surface area (Å²) >= 11 is 0. The van der Waals surface area contributed by atoms with Crippen LogP contribution < -0.4 is 0 Å². The van der Waals surface area contributed by atoms with E-state index in [9.17, 15) is 76.3 Å². The third-order valence-electron chi connectivity index (χ3n) is 14.3. The Morgan fingerprint density at radius 1 is 0.523 bits per heavy atom. The molecule has 24 unspecified atom stereocenters. The van der Waals surface area contributed by atoms with Gasteiger partial charge in [0.05, 0.1) is 62.0 Å². The van der Waals surface area contributed by atoms with Crippen LogP contribution in [0.2, 0.25) is 0 Å². The van der Waals surface area contributed by atoms with Crippen molar-refractivity contribution in [3.05, 3.63) is 12.2 Å². The van der Waals surface area contributed by atoms with Crippen LogP contribution in [-0.4, -0.2) is 238 Å². The molecule has 23 heteroatoms. The van der Waals surface area contributed by atoms with Gasteiger partial charge in [0.15, 0.2) is 18.9 Å². The van der Waals surface area contributed by atoms with Crippen LogP contribution in [0.3, 0.4) is 0 Å². The lowest BCUT2D eigenvalue weighted by Gasteiger charge is -2.53. The van der Waals surface area contributed by atoms with Gasteiger partial charge in [0, 0.05) is 18.4 Å². The summed E-state index contributed by atoms with van der Waals surface area (Å²) in [6, 6.07) is 0. The zero-order valence-corrected chi connectivity index (χ0v) is 35.8. The van der Waals surface area contributed by atoms with Gasteiger partial charge in [-0.05, 0) is 69.6 Å². The Balaban J connectivity index is 1.10. The van der Waals surface area contributed by atoms with Crippen molar-refractivity contribution in [1.82, 2.24) is 0 Å². The minimum Gasteiger partial charge on any atom is -0.460 e. The molecule has 3 aliphatic carbocycles. The van der Waals surface area contributed by atoms with Crippen molar-refractivity contribution in [2.75, 3.05) is 19.8 Å². The van der Waals surface area contributed by atoms with Crippen LogP contribution in [0.1, 0.15) is 64.2 Å². The molecule has 0 aromatic carbocycles. The molecule has 0 spiro atoms. The monoisotopic (exact) mass is 940 g/mol. The first-order valence-corrected chi connectivity index (χ1v) is 22.8. The predicted molar refractivity (Wildman–Crippen MR) is 212 cm³/mol. The van der Waals surface area contributed by atoms with Gasteiger partial charge in [0.1, 0.15) is 79.9 Å². The Bertz CT molecular complexity index is 1530. The van der Waals surface area contributed by atoms with Gasteiger partial charge in [0.2, 0.25) is 0 Å². The third kappa shape index (κ3) is 11.7. The summed E-state index contributed by atoms with van der Waals surface area (Å²) < 4.78 is 48.2. The number of fused-ring (bicyclic) bond motifs is 1. The van der Waals surface area contributed by atoms with Crippen LogP contribution in [0, 0.1) is 17.8 Å². The number of aliphatic hydroxyl groups is 14. The Kier molecular flexibility index (Phi) is 17.7. The van der Waals surface area contributed by atoms with E-state index in [4.69, 9.17) is 37.9 Å². The SMILES string of the molecule is O=C(C=CC1CCC(O)CC1)OCC1OC(OC2C(OC3CC4C(OC5OC(CO)C(O)C(O)C5O)CC(O)CC4OC3C3CCC(O)C(O)C3)OC(CO)C(O)C2O)C(O)C(O)C1O. The highest BCUT2D eigenvalue weighted by molar-refractivity contribution is 5.81. The van der Waals surface area contributed by atoms with Crippen LogP contribution in [0.15, 0.2) is 12.2 Å². The molecule has 23 nitrogen and oxygen atoms in total. The second-order valence-electron chi connectivity index (χ2n) is 18.8. The zero-order chi connectivity index (χ0) is 46.9. The van der Waals surface area contributed by atoms with E-state index in [-0.39, 0.29) is 44.1 Å². The quantitative estimate of drug-likeness (QED) is 0.0604. The Labute approximate surface area is 374 Å². The summed E-state index contributed by atoms with van der Waals surface area (Å²) in [6.07, 6.45) is -26.7. The summed E-state index contributed by atoms with van der Waals surface area (Å²) in [5.41, 5.74) is 0. The van der Waals surface area contributed by atoms with Crippen molar-refractivity contribution in [3.8, 4) is 0 Å². The first-order chi connectivity index (χ1) is 31.0. The van der Waals surface area contributed by atoms with E-state index >= 15 is 0 Å². The lowest BCUT2D eigenvalue weighted by Crippen LogP contribution is -2.66. The Morgan fingerprint density at radius 3 is 1.75 bits per heavy atom. The zero-order valence-electron chi connectivity index (χ0n) is 35.8. The maximum atomic E-state index is 12.6. The average Bonchev–Trinajstić information content (AvgIpc) is 3.29. The van der Waals surface area contributed by atoms with Crippen LogP contribution in [0.5, 0.6) is 0 Å². The van der Waals surface area contributed by atoms with Crippen LogP contribution in [0.4, 0.5) is 0 Å². The fourth-order valence-electron chi connectivity index (χ4n) is 10.4. The fraction of sp³-hybridized carbons (Fsp3) is 0.929. The molecule has 14 N–H and O–H groups in total. The largest absolute Gasteiger partial charge is 0.460 e. The van der Waals surface area contributed by atoms with E-state index in [1.165, 1.54) is 6.08 Å². The molecule has 374 valence electrons. The molecule has 24 atom stereocenters.